The Labute approximate surface area is 279 Å². The molecule has 3 rings (SSSR count). The molecular weight excluding hydrogens is 575 g/mol. The van der Waals surface area contributed by atoms with Gasteiger partial charge in [-0.25, -0.2) is 4.79 Å². The third kappa shape index (κ3) is 12.0. The van der Waals surface area contributed by atoms with Crippen molar-refractivity contribution in [3.05, 3.63) is 89.5 Å². The van der Waals surface area contributed by atoms with Gasteiger partial charge in [0.2, 0.25) is 11.8 Å². The first kappa shape index (κ1) is 36.3. The Morgan fingerprint density at radius 1 is 0.909 bits per heavy atom. The van der Waals surface area contributed by atoms with Crippen LogP contribution in [0.25, 0.3) is 0 Å². The van der Waals surface area contributed by atoms with Crippen molar-refractivity contribution in [2.45, 2.75) is 32.2 Å². The quantitative estimate of drug-likeness (QED) is 0.162. The number of amides is 4. The molecule has 0 spiro atoms. The van der Waals surface area contributed by atoms with Crippen LogP contribution in [0.15, 0.2) is 72.8 Å². The number of para-hydroxylation sites is 1. The summed E-state index contributed by atoms with van der Waals surface area (Å²) in [6, 6.07) is 19.7. The number of aliphatic carboxylic acids is 1. The minimum Gasteiger partial charge on any atom is -0.550 e. The standard InChI is InChI=1S/C32H38N4O7.Na/c1-22-7-4-5-8-27(22)35-32(41)33-25-13-9-23(10-14-25)19-30(38)36(17-6-18-42-2)21-29(37)34-28(20-31(39)40)24-11-15-26(43-3)16-12-24;/h4-5,7-16,28H,6,17-21H2,1-3H3,(H,34,37)(H,39,40)(H2,33,35,41);/q;+1/p-1/t28-;/m0./s1. The van der Waals surface area contributed by atoms with Crippen molar-refractivity contribution in [3.8, 4) is 5.75 Å². The molecular formula is C32H37N4NaO7. The zero-order valence-corrected chi connectivity index (χ0v) is 27.6. The number of hydrogen-bond donors (Lipinski definition) is 3. The molecule has 12 heteroatoms. The van der Waals surface area contributed by atoms with Gasteiger partial charge in [-0.05, 0) is 60.4 Å². The van der Waals surface area contributed by atoms with E-state index >= 15 is 0 Å². The number of methoxy groups -OCH3 is 2. The second-order valence-electron chi connectivity index (χ2n) is 9.90. The molecule has 4 amide bonds. The van der Waals surface area contributed by atoms with E-state index in [1.54, 1.807) is 55.6 Å². The molecule has 0 saturated heterocycles. The average Bonchev–Trinajstić information content (AvgIpc) is 2.98. The van der Waals surface area contributed by atoms with E-state index in [0.717, 1.165) is 5.56 Å². The smallest absolute Gasteiger partial charge is 0.550 e. The van der Waals surface area contributed by atoms with Crippen molar-refractivity contribution >= 4 is 35.2 Å². The first-order valence-electron chi connectivity index (χ1n) is 13.8. The molecule has 3 aromatic rings. The SMILES string of the molecule is COCCCN(CC(=O)N[C@@H](CC(=O)[O-])c1ccc(OC)cc1)C(=O)Cc1ccc(NC(=O)Nc2ccccc2C)cc1.[Na+]. The van der Waals surface area contributed by atoms with Crippen molar-refractivity contribution < 1.29 is 63.3 Å². The summed E-state index contributed by atoms with van der Waals surface area (Å²) in [5, 5.41) is 19.7. The normalized spacial score (nSPS) is 11.0. The zero-order chi connectivity index (χ0) is 31.2. The molecule has 0 bridgehead atoms. The second-order valence-corrected chi connectivity index (χ2v) is 9.90. The molecule has 11 nitrogen and oxygen atoms in total. The molecule has 1 atom stereocenters. The Kier molecular flexibility index (Phi) is 15.4. The number of anilines is 2. The minimum absolute atomic E-state index is 0. The van der Waals surface area contributed by atoms with Gasteiger partial charge in [0.25, 0.3) is 0 Å². The van der Waals surface area contributed by atoms with Crippen molar-refractivity contribution in [3.63, 3.8) is 0 Å². The van der Waals surface area contributed by atoms with Gasteiger partial charge >= 0.3 is 35.6 Å². The molecule has 0 aromatic heterocycles. The van der Waals surface area contributed by atoms with Gasteiger partial charge in [-0.2, -0.15) is 0 Å². The molecule has 0 unspecified atom stereocenters. The van der Waals surface area contributed by atoms with E-state index < -0.39 is 24.3 Å². The van der Waals surface area contributed by atoms with E-state index in [-0.39, 0.29) is 61.0 Å². The number of nitrogens with zero attached hydrogens (tertiary/aromatic N) is 1. The molecule has 3 aromatic carbocycles. The van der Waals surface area contributed by atoms with E-state index in [4.69, 9.17) is 9.47 Å². The van der Waals surface area contributed by atoms with Crippen LogP contribution < -0.4 is 55.4 Å². The van der Waals surface area contributed by atoms with Crippen LogP contribution in [0.3, 0.4) is 0 Å². The van der Waals surface area contributed by atoms with Crippen LogP contribution in [-0.2, 0) is 25.5 Å². The maximum absolute atomic E-state index is 13.3. The van der Waals surface area contributed by atoms with Crippen LogP contribution in [0.5, 0.6) is 5.75 Å². The number of rotatable bonds is 15. The first-order valence-corrected chi connectivity index (χ1v) is 13.8. The summed E-state index contributed by atoms with van der Waals surface area (Å²) in [6.45, 7) is 2.30. The Morgan fingerprint density at radius 3 is 2.20 bits per heavy atom. The number of carboxylic acid groups (broad SMARTS) is 1. The van der Waals surface area contributed by atoms with E-state index in [2.05, 4.69) is 16.0 Å². The van der Waals surface area contributed by atoms with Gasteiger partial charge in [-0.15, -0.1) is 0 Å². The molecule has 44 heavy (non-hydrogen) atoms. The number of ether oxygens (including phenoxy) is 2. The van der Waals surface area contributed by atoms with Gasteiger partial charge in [0.15, 0.2) is 0 Å². The average molecular weight is 613 g/mol. The third-order valence-corrected chi connectivity index (χ3v) is 6.65. The molecule has 0 aliphatic heterocycles. The molecule has 0 heterocycles. The van der Waals surface area contributed by atoms with Crippen LogP contribution in [0, 0.1) is 6.92 Å². The first-order chi connectivity index (χ1) is 20.7. The molecule has 0 aliphatic carbocycles. The number of hydrogen-bond acceptors (Lipinski definition) is 7. The van der Waals surface area contributed by atoms with Gasteiger partial charge in [-0.1, -0.05) is 42.5 Å². The number of carbonyl (C=O) groups is 4. The maximum Gasteiger partial charge on any atom is 1.00 e. The van der Waals surface area contributed by atoms with Crippen molar-refractivity contribution in [1.29, 1.82) is 0 Å². The van der Waals surface area contributed by atoms with E-state index in [9.17, 15) is 24.3 Å². The summed E-state index contributed by atoms with van der Waals surface area (Å²) < 4.78 is 10.3. The van der Waals surface area contributed by atoms with Gasteiger partial charge < -0.3 is 40.2 Å². The summed E-state index contributed by atoms with van der Waals surface area (Å²) in [4.78, 5) is 51.5. The van der Waals surface area contributed by atoms with Gasteiger partial charge in [0.1, 0.15) is 5.75 Å². The van der Waals surface area contributed by atoms with E-state index in [0.29, 0.717) is 41.3 Å². The molecule has 228 valence electrons. The number of nitrogens with one attached hydrogen (secondary N) is 3. The van der Waals surface area contributed by atoms with Crippen molar-refractivity contribution in [1.82, 2.24) is 10.2 Å². The van der Waals surface area contributed by atoms with E-state index in [1.165, 1.54) is 12.0 Å². The third-order valence-electron chi connectivity index (χ3n) is 6.65. The largest absolute Gasteiger partial charge is 1.00 e. The molecule has 0 saturated carbocycles. The van der Waals surface area contributed by atoms with Gasteiger partial charge in [0, 0.05) is 44.0 Å². The van der Waals surface area contributed by atoms with Crippen molar-refractivity contribution in [2.24, 2.45) is 0 Å². The van der Waals surface area contributed by atoms with Crippen LogP contribution >= 0.6 is 0 Å². The summed E-state index contributed by atoms with van der Waals surface area (Å²) in [7, 11) is 3.07. The van der Waals surface area contributed by atoms with Crippen LogP contribution in [0.4, 0.5) is 16.2 Å². The second kappa shape index (κ2) is 18.7. The van der Waals surface area contributed by atoms with Crippen LogP contribution in [0.1, 0.15) is 35.6 Å². The molecule has 0 fully saturated rings. The Morgan fingerprint density at radius 2 is 1.59 bits per heavy atom. The zero-order valence-electron chi connectivity index (χ0n) is 25.6. The summed E-state index contributed by atoms with van der Waals surface area (Å²) in [5.41, 5.74) is 3.45. The van der Waals surface area contributed by atoms with Crippen molar-refractivity contribution in [2.75, 3.05) is 44.5 Å². The fourth-order valence-corrected chi connectivity index (χ4v) is 4.35. The minimum atomic E-state index is -1.32. The van der Waals surface area contributed by atoms with Crippen LogP contribution in [-0.4, -0.2) is 62.6 Å². The Bertz CT molecular complexity index is 1380. The number of carboxylic acids is 1. The number of aryl methyl sites for hydroxylation is 1. The Hall–Kier alpha value is -3.90. The monoisotopic (exact) mass is 612 g/mol. The summed E-state index contributed by atoms with van der Waals surface area (Å²) in [5.74, 6) is -1.52. The predicted octanol–water partition coefficient (Wildman–Crippen LogP) is 0.0567. The fourth-order valence-electron chi connectivity index (χ4n) is 4.35. The summed E-state index contributed by atoms with van der Waals surface area (Å²) in [6.07, 6.45) is 0.102. The number of urea groups is 1. The number of carbonyl (C=O) groups excluding carboxylic acids is 4. The number of benzene rings is 3. The van der Waals surface area contributed by atoms with Crippen LogP contribution in [0.2, 0.25) is 0 Å². The fraction of sp³-hybridized carbons (Fsp3) is 0.312. The Balaban J connectivity index is 0.00000675. The van der Waals surface area contributed by atoms with E-state index in [1.807, 2.05) is 31.2 Å². The van der Waals surface area contributed by atoms with Gasteiger partial charge in [-0.3, -0.25) is 9.59 Å². The summed E-state index contributed by atoms with van der Waals surface area (Å²) >= 11 is 0. The molecule has 0 aliphatic rings. The predicted molar refractivity (Wildman–Crippen MR) is 161 cm³/mol. The maximum atomic E-state index is 13.3. The molecule has 0 radical (unpaired) electrons. The topological polar surface area (TPSA) is 149 Å². The van der Waals surface area contributed by atoms with Gasteiger partial charge in [0.05, 0.1) is 26.1 Å². The molecule has 3 N–H and O–H groups in total.